The maximum Gasteiger partial charge on any atom is 0.244 e. The predicted octanol–water partition coefficient (Wildman–Crippen LogP) is 2.09. The summed E-state index contributed by atoms with van der Waals surface area (Å²) in [5.41, 5.74) is 10.2. The van der Waals surface area contributed by atoms with Crippen molar-refractivity contribution < 1.29 is 4.74 Å². The summed E-state index contributed by atoms with van der Waals surface area (Å²) in [5.74, 6) is 0.738. The Kier molecular flexibility index (Phi) is 3.09. The van der Waals surface area contributed by atoms with Crippen LogP contribution in [0.15, 0.2) is 48.4 Å². The lowest BCUT2D eigenvalue weighted by Crippen LogP contribution is -2.21. The number of nitriles is 1. The van der Waals surface area contributed by atoms with Gasteiger partial charge in [0, 0.05) is 11.6 Å². The minimum absolute atomic E-state index is 0.110. The molecule has 0 amide bonds. The molecule has 128 valence electrons. The number of nitrogens with zero attached hydrogens (tertiary/aromatic N) is 5. The molecule has 0 saturated heterocycles. The highest BCUT2D eigenvalue weighted by Gasteiger charge is 2.39. The summed E-state index contributed by atoms with van der Waals surface area (Å²) < 4.78 is 7.28. The van der Waals surface area contributed by atoms with Crippen LogP contribution in [-0.4, -0.2) is 25.0 Å². The number of hydrogen-bond donors (Lipinski definition) is 2. The molecule has 1 aromatic carbocycles. The molecular formula is C18H15N7O. The second-order valence-electron chi connectivity index (χ2n) is 6.49. The summed E-state index contributed by atoms with van der Waals surface area (Å²) in [7, 11) is 0. The zero-order chi connectivity index (χ0) is 17.7. The largest absolute Gasteiger partial charge is 0.420 e. The number of nitrogens with one attached hydrogen (secondary N) is 1. The molecular weight excluding hydrogens is 330 g/mol. The molecule has 0 radical (unpaired) electrons. The summed E-state index contributed by atoms with van der Waals surface area (Å²) in [6.07, 6.45) is 5.37. The molecule has 8 nitrogen and oxygen atoms in total. The molecule has 8 heteroatoms. The molecule has 1 fully saturated rings. The molecule has 2 aromatic heterocycles. The van der Waals surface area contributed by atoms with Crippen LogP contribution in [0.5, 0.6) is 5.88 Å². The van der Waals surface area contributed by atoms with Gasteiger partial charge in [0.2, 0.25) is 11.8 Å². The van der Waals surface area contributed by atoms with Crippen molar-refractivity contribution in [1.29, 1.82) is 5.26 Å². The van der Waals surface area contributed by atoms with Gasteiger partial charge in [-0.1, -0.05) is 12.1 Å². The monoisotopic (exact) mass is 345 g/mol. The van der Waals surface area contributed by atoms with Gasteiger partial charge in [0.1, 0.15) is 24.3 Å². The number of H-pyrrole nitrogens is 1. The SMILES string of the molecule is N#CC1=C(N)Oc2n[nH]c(C3CC3)c2C1c1ccc(-n2cncn2)cc1. The Hall–Kier alpha value is -3.60. The standard InChI is InChI=1S/C18H15N7O/c19-7-13-14(10-3-5-12(6-4-10)25-9-21-8-22-25)15-16(11-1-2-11)23-24-18(15)26-17(13)20/h3-6,8-9,11,14H,1-2,20H2,(H,23,24). The summed E-state index contributed by atoms with van der Waals surface area (Å²) in [5, 5.41) is 21.2. The quantitative estimate of drug-likeness (QED) is 0.750. The minimum Gasteiger partial charge on any atom is -0.420 e. The van der Waals surface area contributed by atoms with Gasteiger partial charge in [0.15, 0.2) is 0 Å². The molecule has 0 bridgehead atoms. The van der Waals surface area contributed by atoms with Crippen molar-refractivity contribution in [2.24, 2.45) is 5.73 Å². The fourth-order valence-corrected chi connectivity index (χ4v) is 3.45. The second-order valence-corrected chi connectivity index (χ2v) is 6.49. The number of rotatable bonds is 3. The Morgan fingerprint density at radius 1 is 1.27 bits per heavy atom. The van der Waals surface area contributed by atoms with Crippen LogP contribution in [0.2, 0.25) is 0 Å². The van der Waals surface area contributed by atoms with E-state index in [2.05, 4.69) is 26.3 Å². The lowest BCUT2D eigenvalue weighted by atomic mass is 9.83. The van der Waals surface area contributed by atoms with Gasteiger partial charge in [-0.2, -0.15) is 10.4 Å². The van der Waals surface area contributed by atoms with Crippen LogP contribution >= 0.6 is 0 Å². The highest BCUT2D eigenvalue weighted by molar-refractivity contribution is 5.56. The highest BCUT2D eigenvalue weighted by Crippen LogP contribution is 2.49. The number of hydrogen-bond acceptors (Lipinski definition) is 6. The first-order valence-electron chi connectivity index (χ1n) is 8.37. The second kappa shape index (κ2) is 5.46. The Morgan fingerprint density at radius 2 is 2.08 bits per heavy atom. The summed E-state index contributed by atoms with van der Waals surface area (Å²) in [6, 6.07) is 10.1. The van der Waals surface area contributed by atoms with Crippen molar-refractivity contribution in [3.63, 3.8) is 0 Å². The fourth-order valence-electron chi connectivity index (χ4n) is 3.45. The van der Waals surface area contributed by atoms with Gasteiger partial charge in [0.25, 0.3) is 0 Å². The van der Waals surface area contributed by atoms with Crippen molar-refractivity contribution in [2.75, 3.05) is 0 Å². The first kappa shape index (κ1) is 14.7. The third-order valence-electron chi connectivity index (χ3n) is 4.86. The third kappa shape index (κ3) is 2.18. The van der Waals surface area contributed by atoms with Crippen LogP contribution in [0.3, 0.4) is 0 Å². The molecule has 2 aliphatic rings. The first-order valence-corrected chi connectivity index (χ1v) is 8.37. The lowest BCUT2D eigenvalue weighted by molar-refractivity contribution is 0.378. The molecule has 0 spiro atoms. The molecule has 3 N–H and O–H groups in total. The van der Waals surface area contributed by atoms with Crippen LogP contribution in [0.25, 0.3) is 5.69 Å². The number of allylic oxidation sites excluding steroid dienone is 1. The number of aromatic nitrogens is 5. The molecule has 1 aliphatic heterocycles. The summed E-state index contributed by atoms with van der Waals surface area (Å²) >= 11 is 0. The number of benzene rings is 1. The van der Waals surface area contributed by atoms with Crippen molar-refractivity contribution >= 4 is 0 Å². The average Bonchev–Trinajstić information content (AvgIpc) is 3.18. The number of nitrogens with two attached hydrogens (primary N) is 1. The lowest BCUT2D eigenvalue weighted by Gasteiger charge is -2.24. The van der Waals surface area contributed by atoms with Crippen LogP contribution in [-0.2, 0) is 0 Å². The Morgan fingerprint density at radius 3 is 2.73 bits per heavy atom. The molecule has 5 rings (SSSR count). The molecule has 3 aromatic rings. The third-order valence-corrected chi connectivity index (χ3v) is 4.86. The Labute approximate surface area is 148 Å². The minimum atomic E-state index is -0.289. The first-order chi connectivity index (χ1) is 12.8. The van der Waals surface area contributed by atoms with E-state index in [0.717, 1.165) is 35.3 Å². The van der Waals surface area contributed by atoms with Crippen LogP contribution in [0.1, 0.15) is 41.5 Å². The Balaban J connectivity index is 1.63. The van der Waals surface area contributed by atoms with Crippen molar-refractivity contribution in [3.05, 3.63) is 65.2 Å². The van der Waals surface area contributed by atoms with E-state index in [0.29, 0.717) is 17.4 Å². The number of ether oxygens (including phenoxy) is 1. The maximum atomic E-state index is 9.69. The maximum absolute atomic E-state index is 9.69. The number of fused-ring (bicyclic) bond motifs is 1. The normalized spacial score (nSPS) is 19.0. The number of aromatic amines is 1. The van der Waals surface area contributed by atoms with Crippen LogP contribution in [0, 0.1) is 11.3 Å². The van der Waals surface area contributed by atoms with E-state index in [4.69, 9.17) is 10.5 Å². The zero-order valence-electron chi connectivity index (χ0n) is 13.8. The van der Waals surface area contributed by atoms with Gasteiger partial charge in [-0.3, -0.25) is 5.10 Å². The van der Waals surface area contributed by atoms with E-state index in [9.17, 15) is 5.26 Å². The molecule has 3 heterocycles. The van der Waals surface area contributed by atoms with Gasteiger partial charge in [-0.25, -0.2) is 9.67 Å². The molecule has 1 saturated carbocycles. The van der Waals surface area contributed by atoms with E-state index in [-0.39, 0.29) is 11.8 Å². The zero-order valence-corrected chi connectivity index (χ0v) is 13.8. The summed E-state index contributed by atoms with van der Waals surface area (Å²) in [6.45, 7) is 0. The van der Waals surface area contributed by atoms with Crippen molar-refractivity contribution in [1.82, 2.24) is 25.0 Å². The summed E-state index contributed by atoms with van der Waals surface area (Å²) in [4.78, 5) is 3.96. The topological polar surface area (TPSA) is 118 Å². The van der Waals surface area contributed by atoms with E-state index in [1.54, 1.807) is 11.0 Å². The van der Waals surface area contributed by atoms with Crippen molar-refractivity contribution in [3.8, 4) is 17.6 Å². The van der Waals surface area contributed by atoms with Crippen LogP contribution in [0.4, 0.5) is 0 Å². The molecule has 1 unspecified atom stereocenters. The average molecular weight is 345 g/mol. The predicted molar refractivity (Wildman–Crippen MR) is 91.2 cm³/mol. The van der Waals surface area contributed by atoms with Gasteiger partial charge in [-0.05, 0) is 30.5 Å². The van der Waals surface area contributed by atoms with Crippen LogP contribution < -0.4 is 10.5 Å². The molecule has 26 heavy (non-hydrogen) atoms. The van der Waals surface area contributed by atoms with E-state index in [1.165, 1.54) is 6.33 Å². The molecule has 1 aliphatic carbocycles. The van der Waals surface area contributed by atoms with Crippen molar-refractivity contribution in [2.45, 2.75) is 24.7 Å². The van der Waals surface area contributed by atoms with E-state index >= 15 is 0 Å². The van der Waals surface area contributed by atoms with Gasteiger partial charge in [-0.15, -0.1) is 5.10 Å². The highest BCUT2D eigenvalue weighted by atomic mass is 16.5. The smallest absolute Gasteiger partial charge is 0.244 e. The fraction of sp³-hybridized carbons (Fsp3) is 0.222. The molecule has 1 atom stereocenters. The van der Waals surface area contributed by atoms with E-state index in [1.807, 2.05) is 24.3 Å². The van der Waals surface area contributed by atoms with Gasteiger partial charge in [0.05, 0.1) is 17.2 Å². The van der Waals surface area contributed by atoms with E-state index < -0.39 is 0 Å². The van der Waals surface area contributed by atoms with Gasteiger partial charge >= 0.3 is 0 Å². The van der Waals surface area contributed by atoms with Gasteiger partial charge < -0.3 is 10.5 Å². The Bertz CT molecular complexity index is 1040.